The number of phenols is 1. The van der Waals surface area contributed by atoms with Gasteiger partial charge in [-0.2, -0.15) is 0 Å². The highest BCUT2D eigenvalue weighted by molar-refractivity contribution is 5.83. The van der Waals surface area contributed by atoms with Crippen LogP contribution in [-0.4, -0.2) is 17.9 Å². The first-order valence-corrected chi connectivity index (χ1v) is 6.08. The van der Waals surface area contributed by atoms with Crippen LogP contribution < -0.4 is 0 Å². The van der Waals surface area contributed by atoms with E-state index in [4.69, 9.17) is 0 Å². The fraction of sp³-hybridized carbons (Fsp3) is 0.500. The van der Waals surface area contributed by atoms with Crippen molar-refractivity contribution in [3.05, 3.63) is 29.1 Å². The minimum Gasteiger partial charge on any atom is -0.504 e. The predicted molar refractivity (Wildman–Crippen MR) is 69.5 cm³/mol. The quantitative estimate of drug-likeness (QED) is 0.612. The zero-order chi connectivity index (χ0) is 12.8. The molecule has 0 unspecified atom stereocenters. The normalized spacial score (nSPS) is 11.6. The second kappa shape index (κ2) is 6.38. The monoisotopic (exact) mass is 237 g/mol. The van der Waals surface area contributed by atoms with E-state index < -0.39 is 5.82 Å². The van der Waals surface area contributed by atoms with Crippen molar-refractivity contribution in [1.82, 2.24) is 0 Å². The van der Waals surface area contributed by atoms with Crippen molar-refractivity contribution in [3.8, 4) is 5.75 Å². The lowest BCUT2D eigenvalue weighted by Crippen LogP contribution is -1.95. The van der Waals surface area contributed by atoms with Crippen LogP contribution in [0.1, 0.15) is 50.7 Å². The molecule has 0 aromatic heterocycles. The molecule has 1 aromatic carbocycles. The third kappa shape index (κ3) is 3.84. The smallest absolute Gasteiger partial charge is 0.165 e. The van der Waals surface area contributed by atoms with Crippen LogP contribution in [0.5, 0.6) is 5.75 Å². The van der Waals surface area contributed by atoms with E-state index in [0.717, 1.165) is 18.4 Å². The summed E-state index contributed by atoms with van der Waals surface area (Å²) in [6, 6.07) is 3.17. The van der Waals surface area contributed by atoms with Gasteiger partial charge in [-0.05, 0) is 30.0 Å². The van der Waals surface area contributed by atoms with E-state index in [1.54, 1.807) is 12.3 Å². The van der Waals surface area contributed by atoms with Gasteiger partial charge in [-0.1, -0.05) is 27.2 Å². The maximum atomic E-state index is 13.5. The highest BCUT2D eigenvalue weighted by Gasteiger charge is 2.10. The van der Waals surface area contributed by atoms with Crippen molar-refractivity contribution >= 4 is 6.21 Å². The molecule has 0 amide bonds. The molecular weight excluding hydrogens is 217 g/mol. The summed E-state index contributed by atoms with van der Waals surface area (Å²) in [6.07, 6.45) is 3.63. The van der Waals surface area contributed by atoms with Gasteiger partial charge in [-0.15, -0.1) is 0 Å². The minimum atomic E-state index is -0.576. The first kappa shape index (κ1) is 13.7. The lowest BCUT2D eigenvalue weighted by molar-refractivity contribution is 0.430. The summed E-state index contributed by atoms with van der Waals surface area (Å²) in [6.45, 7) is 6.78. The Kier molecular flexibility index (Phi) is 5.13. The summed E-state index contributed by atoms with van der Waals surface area (Å²) in [5.41, 5.74) is 1.34. The van der Waals surface area contributed by atoms with Crippen LogP contribution in [0.3, 0.4) is 0 Å². The maximum Gasteiger partial charge on any atom is 0.165 e. The number of benzene rings is 1. The number of hydrogen-bond acceptors (Lipinski definition) is 2. The maximum absolute atomic E-state index is 13.5. The van der Waals surface area contributed by atoms with Gasteiger partial charge in [-0.25, -0.2) is 4.39 Å². The molecule has 1 N–H and O–H groups in total. The van der Waals surface area contributed by atoms with Gasteiger partial charge < -0.3 is 5.11 Å². The molecule has 0 radical (unpaired) electrons. The lowest BCUT2D eigenvalue weighted by Gasteiger charge is -2.08. The fourth-order valence-electron chi connectivity index (χ4n) is 1.49. The number of unbranched alkanes of at least 4 members (excludes halogenated alkanes) is 1. The van der Waals surface area contributed by atoms with Crippen LogP contribution in [0.2, 0.25) is 0 Å². The third-order valence-corrected chi connectivity index (χ3v) is 2.65. The van der Waals surface area contributed by atoms with Gasteiger partial charge in [0.2, 0.25) is 0 Å². The standard InChI is InChI=1S/C14H20FNO/c1-4-5-6-16-9-12-7-11(10(2)3)8-13(15)14(12)17/h7-10,17H,4-6H2,1-3H3. The number of phenolic OH excluding ortho intramolecular Hbond substituents is 1. The molecule has 0 heterocycles. The van der Waals surface area contributed by atoms with Gasteiger partial charge >= 0.3 is 0 Å². The van der Waals surface area contributed by atoms with Gasteiger partial charge in [0, 0.05) is 18.3 Å². The summed E-state index contributed by atoms with van der Waals surface area (Å²) in [7, 11) is 0. The van der Waals surface area contributed by atoms with Gasteiger partial charge in [0.1, 0.15) is 0 Å². The number of aliphatic imine (C=N–C) groups is 1. The van der Waals surface area contributed by atoms with Crippen LogP contribution in [0.15, 0.2) is 17.1 Å². The molecule has 0 atom stereocenters. The lowest BCUT2D eigenvalue weighted by atomic mass is 10.0. The number of nitrogens with zero attached hydrogens (tertiary/aromatic N) is 1. The van der Waals surface area contributed by atoms with Crippen molar-refractivity contribution < 1.29 is 9.50 Å². The predicted octanol–water partition coefficient (Wildman–Crippen LogP) is 3.87. The second-order valence-corrected chi connectivity index (χ2v) is 4.48. The van der Waals surface area contributed by atoms with Crippen molar-refractivity contribution in [2.24, 2.45) is 4.99 Å². The van der Waals surface area contributed by atoms with Gasteiger partial charge in [0.05, 0.1) is 0 Å². The topological polar surface area (TPSA) is 32.6 Å². The molecule has 17 heavy (non-hydrogen) atoms. The van der Waals surface area contributed by atoms with E-state index in [-0.39, 0.29) is 11.7 Å². The van der Waals surface area contributed by atoms with Gasteiger partial charge in [-0.3, -0.25) is 4.99 Å². The first-order chi connectivity index (χ1) is 8.06. The summed E-state index contributed by atoms with van der Waals surface area (Å²) in [5, 5.41) is 9.59. The third-order valence-electron chi connectivity index (χ3n) is 2.65. The first-order valence-electron chi connectivity index (χ1n) is 6.08. The van der Waals surface area contributed by atoms with Crippen molar-refractivity contribution in [2.45, 2.75) is 39.5 Å². The highest BCUT2D eigenvalue weighted by Crippen LogP contribution is 2.25. The minimum absolute atomic E-state index is 0.230. The molecular formula is C14H20FNO. The highest BCUT2D eigenvalue weighted by atomic mass is 19.1. The Labute approximate surface area is 102 Å². The van der Waals surface area contributed by atoms with Crippen LogP contribution in [0.4, 0.5) is 4.39 Å². The zero-order valence-corrected chi connectivity index (χ0v) is 10.7. The Morgan fingerprint density at radius 1 is 1.41 bits per heavy atom. The average Bonchev–Trinajstić information content (AvgIpc) is 2.29. The summed E-state index contributed by atoms with van der Waals surface area (Å²) < 4.78 is 13.5. The Bertz CT molecular complexity index is 399. The van der Waals surface area contributed by atoms with Crippen LogP contribution in [0, 0.1) is 5.82 Å². The average molecular weight is 237 g/mol. The van der Waals surface area contributed by atoms with E-state index in [0.29, 0.717) is 12.1 Å². The fourth-order valence-corrected chi connectivity index (χ4v) is 1.49. The Balaban J connectivity index is 2.93. The van der Waals surface area contributed by atoms with E-state index >= 15 is 0 Å². The molecule has 0 aliphatic carbocycles. The van der Waals surface area contributed by atoms with Crippen molar-refractivity contribution in [3.63, 3.8) is 0 Å². The summed E-state index contributed by atoms with van der Waals surface area (Å²) in [5.74, 6) is -0.657. The van der Waals surface area contributed by atoms with Gasteiger partial charge in [0.15, 0.2) is 11.6 Å². The molecule has 0 fully saturated rings. The molecule has 2 nitrogen and oxygen atoms in total. The number of halogens is 1. The van der Waals surface area contributed by atoms with Crippen molar-refractivity contribution in [1.29, 1.82) is 0 Å². The molecule has 0 saturated carbocycles. The van der Waals surface area contributed by atoms with E-state index in [2.05, 4.69) is 11.9 Å². The SMILES string of the molecule is CCCCN=Cc1cc(C(C)C)cc(F)c1O. The second-order valence-electron chi connectivity index (χ2n) is 4.48. The molecule has 3 heteroatoms. The van der Waals surface area contributed by atoms with E-state index in [1.807, 2.05) is 13.8 Å². The molecule has 0 bridgehead atoms. The molecule has 0 spiro atoms. The van der Waals surface area contributed by atoms with Crippen LogP contribution in [-0.2, 0) is 0 Å². The van der Waals surface area contributed by atoms with Crippen LogP contribution in [0.25, 0.3) is 0 Å². The molecule has 1 rings (SSSR count). The van der Waals surface area contributed by atoms with E-state index in [1.165, 1.54) is 6.07 Å². The molecule has 1 aromatic rings. The number of rotatable bonds is 5. The molecule has 0 aliphatic heterocycles. The number of aromatic hydroxyl groups is 1. The number of hydrogen-bond donors (Lipinski definition) is 1. The largest absolute Gasteiger partial charge is 0.504 e. The molecule has 0 saturated heterocycles. The summed E-state index contributed by atoms with van der Waals surface area (Å²) >= 11 is 0. The van der Waals surface area contributed by atoms with Crippen molar-refractivity contribution in [2.75, 3.05) is 6.54 Å². The molecule has 0 aliphatic rings. The van der Waals surface area contributed by atoms with Crippen LogP contribution >= 0.6 is 0 Å². The molecule has 94 valence electrons. The Hall–Kier alpha value is -1.38. The van der Waals surface area contributed by atoms with Gasteiger partial charge in [0.25, 0.3) is 0 Å². The Morgan fingerprint density at radius 2 is 2.12 bits per heavy atom. The zero-order valence-electron chi connectivity index (χ0n) is 10.7. The summed E-state index contributed by atoms with van der Waals surface area (Å²) in [4.78, 5) is 4.18. The Morgan fingerprint density at radius 3 is 2.71 bits per heavy atom. The van der Waals surface area contributed by atoms with E-state index in [9.17, 15) is 9.50 Å².